The first-order valence-electron chi connectivity index (χ1n) is 8.18. The largest absolute Gasteiger partial charge is 0.493 e. The molecule has 0 aliphatic carbocycles. The summed E-state index contributed by atoms with van der Waals surface area (Å²) in [6.07, 6.45) is 6.23. The van der Waals surface area contributed by atoms with Gasteiger partial charge in [-0.2, -0.15) is 0 Å². The number of carbonyl (C=O) groups excluding carboxylic acids is 1. The first-order chi connectivity index (χ1) is 12.8. The number of aryl methyl sites for hydroxylation is 1. The molecule has 0 unspecified atom stereocenters. The summed E-state index contributed by atoms with van der Waals surface area (Å²) >= 11 is 1.52. The zero-order chi connectivity index (χ0) is 18.2. The molecule has 26 heavy (non-hydrogen) atoms. The van der Waals surface area contributed by atoms with Crippen LogP contribution in [0.5, 0.6) is 11.5 Å². The molecule has 0 atom stereocenters. The Morgan fingerprint density at radius 3 is 3.00 bits per heavy atom. The molecule has 7 nitrogen and oxygen atoms in total. The zero-order valence-electron chi connectivity index (χ0n) is 14.4. The number of hydrogen-bond acceptors (Lipinski definition) is 6. The standard InChI is InChI=1S/C18H20N4O3S/c1-24-17-9-14(3-4-16(17)25-10-15-11-26-13-21-15)18(23)20-5-2-7-22-8-6-19-12-22/h3-4,6,8-9,11-13H,2,5,7,10H2,1H3,(H,20,23). The minimum Gasteiger partial charge on any atom is -0.493 e. The molecule has 3 aromatic rings. The molecule has 0 bridgehead atoms. The smallest absolute Gasteiger partial charge is 0.251 e. The van der Waals surface area contributed by atoms with E-state index in [-0.39, 0.29) is 5.91 Å². The molecule has 8 heteroatoms. The van der Waals surface area contributed by atoms with Gasteiger partial charge in [-0.1, -0.05) is 0 Å². The van der Waals surface area contributed by atoms with Crippen LogP contribution in [0.3, 0.4) is 0 Å². The van der Waals surface area contributed by atoms with Crippen LogP contribution in [0.25, 0.3) is 0 Å². The van der Waals surface area contributed by atoms with Crippen LogP contribution in [0.2, 0.25) is 0 Å². The number of hydrogen-bond donors (Lipinski definition) is 1. The van der Waals surface area contributed by atoms with Crippen LogP contribution in [0.4, 0.5) is 0 Å². The lowest BCUT2D eigenvalue weighted by Crippen LogP contribution is -2.25. The molecule has 0 saturated carbocycles. The van der Waals surface area contributed by atoms with Crippen molar-refractivity contribution >= 4 is 17.2 Å². The van der Waals surface area contributed by atoms with Gasteiger partial charge in [0, 0.05) is 36.4 Å². The minimum absolute atomic E-state index is 0.139. The Kier molecular flexibility index (Phi) is 6.21. The number of methoxy groups -OCH3 is 1. The molecule has 0 radical (unpaired) electrons. The first-order valence-corrected chi connectivity index (χ1v) is 9.12. The Balaban J connectivity index is 1.52. The molecule has 2 aromatic heterocycles. The highest BCUT2D eigenvalue weighted by molar-refractivity contribution is 7.07. The summed E-state index contributed by atoms with van der Waals surface area (Å²) in [5.41, 5.74) is 3.15. The Bertz CT molecular complexity index is 819. The van der Waals surface area contributed by atoms with E-state index in [0.29, 0.717) is 30.2 Å². The number of nitrogens with one attached hydrogen (secondary N) is 1. The zero-order valence-corrected chi connectivity index (χ0v) is 15.2. The molecule has 0 aliphatic rings. The lowest BCUT2D eigenvalue weighted by molar-refractivity contribution is 0.0952. The monoisotopic (exact) mass is 372 g/mol. The summed E-state index contributed by atoms with van der Waals surface area (Å²) in [5.74, 6) is 0.962. The Labute approximate surface area is 155 Å². The van der Waals surface area contributed by atoms with E-state index in [1.54, 1.807) is 43.3 Å². The second-order valence-electron chi connectivity index (χ2n) is 5.54. The molecular formula is C18H20N4O3S. The molecule has 136 valence electrons. The maximum Gasteiger partial charge on any atom is 0.251 e. The van der Waals surface area contributed by atoms with Crippen molar-refractivity contribution in [3.05, 3.63) is 59.1 Å². The van der Waals surface area contributed by atoms with Gasteiger partial charge in [-0.25, -0.2) is 9.97 Å². The second-order valence-corrected chi connectivity index (χ2v) is 6.26. The number of thiazole rings is 1. The molecule has 1 amide bonds. The fourth-order valence-electron chi connectivity index (χ4n) is 2.37. The van der Waals surface area contributed by atoms with E-state index in [4.69, 9.17) is 9.47 Å². The van der Waals surface area contributed by atoms with Crippen molar-refractivity contribution in [1.29, 1.82) is 0 Å². The molecule has 0 aliphatic heterocycles. The Morgan fingerprint density at radius 1 is 1.35 bits per heavy atom. The number of rotatable bonds is 9. The maximum absolute atomic E-state index is 12.3. The third-order valence-corrected chi connectivity index (χ3v) is 4.36. The van der Waals surface area contributed by atoms with E-state index in [1.807, 2.05) is 16.1 Å². The van der Waals surface area contributed by atoms with Crippen molar-refractivity contribution in [1.82, 2.24) is 19.9 Å². The van der Waals surface area contributed by atoms with Gasteiger partial charge in [0.25, 0.3) is 5.91 Å². The Hall–Kier alpha value is -2.87. The van der Waals surface area contributed by atoms with Crippen molar-refractivity contribution in [2.24, 2.45) is 0 Å². The molecule has 2 heterocycles. The number of benzene rings is 1. The summed E-state index contributed by atoms with van der Waals surface area (Å²) in [6, 6.07) is 5.15. The van der Waals surface area contributed by atoms with Crippen LogP contribution in [-0.2, 0) is 13.2 Å². The van der Waals surface area contributed by atoms with Crippen molar-refractivity contribution in [2.75, 3.05) is 13.7 Å². The van der Waals surface area contributed by atoms with E-state index in [1.165, 1.54) is 11.3 Å². The van der Waals surface area contributed by atoms with Gasteiger partial charge in [0.2, 0.25) is 0 Å². The number of ether oxygens (including phenoxy) is 2. The Morgan fingerprint density at radius 2 is 2.27 bits per heavy atom. The van der Waals surface area contributed by atoms with Gasteiger partial charge >= 0.3 is 0 Å². The van der Waals surface area contributed by atoms with Gasteiger partial charge in [-0.3, -0.25) is 4.79 Å². The summed E-state index contributed by atoms with van der Waals surface area (Å²) in [5, 5.41) is 4.84. The number of imidazole rings is 1. The lowest BCUT2D eigenvalue weighted by atomic mass is 10.2. The first kappa shape index (κ1) is 17.9. The van der Waals surface area contributed by atoms with Crippen LogP contribution in [0, 0.1) is 0 Å². The van der Waals surface area contributed by atoms with Crippen molar-refractivity contribution in [2.45, 2.75) is 19.6 Å². The molecule has 0 saturated heterocycles. The number of carbonyl (C=O) groups is 1. The highest BCUT2D eigenvalue weighted by Gasteiger charge is 2.11. The van der Waals surface area contributed by atoms with Gasteiger partial charge < -0.3 is 19.4 Å². The molecule has 0 spiro atoms. The number of aromatic nitrogens is 3. The predicted molar refractivity (Wildman–Crippen MR) is 98.6 cm³/mol. The fourth-order valence-corrected chi connectivity index (χ4v) is 2.92. The maximum atomic E-state index is 12.3. The van der Waals surface area contributed by atoms with Crippen LogP contribution in [-0.4, -0.2) is 34.1 Å². The minimum atomic E-state index is -0.139. The fraction of sp³-hybridized carbons (Fsp3) is 0.278. The summed E-state index contributed by atoms with van der Waals surface area (Å²) < 4.78 is 13.0. The van der Waals surface area contributed by atoms with Gasteiger partial charge in [-0.05, 0) is 24.6 Å². The molecular weight excluding hydrogens is 352 g/mol. The molecule has 1 aromatic carbocycles. The SMILES string of the molecule is COc1cc(C(=O)NCCCn2ccnc2)ccc1OCc1cscn1. The van der Waals surface area contributed by atoms with E-state index in [0.717, 1.165) is 18.7 Å². The van der Waals surface area contributed by atoms with Crippen molar-refractivity contribution < 1.29 is 14.3 Å². The van der Waals surface area contributed by atoms with Crippen molar-refractivity contribution in [3.63, 3.8) is 0 Å². The number of nitrogens with zero attached hydrogens (tertiary/aromatic N) is 3. The van der Waals surface area contributed by atoms with Crippen LogP contribution >= 0.6 is 11.3 Å². The highest BCUT2D eigenvalue weighted by Crippen LogP contribution is 2.28. The van der Waals surface area contributed by atoms with E-state index < -0.39 is 0 Å². The summed E-state index contributed by atoms with van der Waals surface area (Å²) in [4.78, 5) is 20.5. The second kappa shape index (κ2) is 9.00. The van der Waals surface area contributed by atoms with Gasteiger partial charge in [0.05, 0.1) is 24.6 Å². The highest BCUT2D eigenvalue weighted by atomic mass is 32.1. The normalized spacial score (nSPS) is 10.5. The van der Waals surface area contributed by atoms with E-state index in [9.17, 15) is 4.79 Å². The van der Waals surface area contributed by atoms with Crippen molar-refractivity contribution in [3.8, 4) is 11.5 Å². The third-order valence-electron chi connectivity index (χ3n) is 3.72. The van der Waals surface area contributed by atoms with Crippen LogP contribution < -0.4 is 14.8 Å². The average molecular weight is 372 g/mol. The van der Waals surface area contributed by atoms with Gasteiger partial charge in [0.15, 0.2) is 11.5 Å². The van der Waals surface area contributed by atoms with E-state index in [2.05, 4.69) is 15.3 Å². The topological polar surface area (TPSA) is 78.3 Å². The molecule has 3 rings (SSSR count). The molecule has 0 fully saturated rings. The van der Waals surface area contributed by atoms with Gasteiger partial charge in [-0.15, -0.1) is 11.3 Å². The number of amides is 1. The quantitative estimate of drug-likeness (QED) is 0.585. The van der Waals surface area contributed by atoms with Crippen LogP contribution in [0.15, 0.2) is 47.8 Å². The third kappa shape index (κ3) is 4.82. The van der Waals surface area contributed by atoms with Gasteiger partial charge in [0.1, 0.15) is 6.61 Å². The molecule has 1 N–H and O–H groups in total. The lowest BCUT2D eigenvalue weighted by Gasteiger charge is -2.12. The predicted octanol–water partition coefficient (Wildman–Crippen LogP) is 2.75. The summed E-state index contributed by atoms with van der Waals surface area (Å²) in [7, 11) is 1.55. The average Bonchev–Trinajstić information content (AvgIpc) is 3.37. The van der Waals surface area contributed by atoms with Crippen LogP contribution in [0.1, 0.15) is 22.5 Å². The summed E-state index contributed by atoms with van der Waals surface area (Å²) in [6.45, 7) is 1.76. The van der Waals surface area contributed by atoms with E-state index >= 15 is 0 Å².